The minimum absolute atomic E-state index is 0.0397. The predicted octanol–water partition coefficient (Wildman–Crippen LogP) is 2.72. The first-order valence-corrected chi connectivity index (χ1v) is 9.44. The van der Waals surface area contributed by atoms with Gasteiger partial charge in [-0.2, -0.15) is 0 Å². The Morgan fingerprint density at radius 1 is 1.07 bits per heavy atom. The van der Waals surface area contributed by atoms with E-state index in [1.165, 1.54) is 6.92 Å². The number of fused-ring (bicyclic) bond motifs is 6. The lowest BCUT2D eigenvalue weighted by Gasteiger charge is -2.37. The van der Waals surface area contributed by atoms with Crippen molar-refractivity contribution in [3.05, 3.63) is 41.0 Å². The maximum Gasteiger partial charge on any atom is 0.178 e. The van der Waals surface area contributed by atoms with Crippen molar-refractivity contribution >= 4 is 11.6 Å². The van der Waals surface area contributed by atoms with E-state index >= 15 is 0 Å². The number of carbonyl (C=O) groups excluding carboxylic acids is 2. The van der Waals surface area contributed by atoms with Crippen LogP contribution < -0.4 is 23.7 Å². The van der Waals surface area contributed by atoms with Crippen molar-refractivity contribution in [1.29, 1.82) is 0 Å². The highest BCUT2D eigenvalue weighted by Crippen LogP contribution is 2.49. The van der Waals surface area contributed by atoms with Crippen LogP contribution in [-0.2, 0) is 11.2 Å². The van der Waals surface area contributed by atoms with Crippen LogP contribution in [0.25, 0.3) is 0 Å². The molecule has 3 unspecified atom stereocenters. The average Bonchev–Trinajstić information content (AvgIpc) is 3.17. The second-order valence-electron chi connectivity index (χ2n) is 7.39. The zero-order valence-electron chi connectivity index (χ0n) is 16.3. The molecule has 2 aromatic carbocycles. The summed E-state index contributed by atoms with van der Waals surface area (Å²) >= 11 is 0. The van der Waals surface area contributed by atoms with Crippen molar-refractivity contribution in [3.63, 3.8) is 0 Å². The van der Waals surface area contributed by atoms with Gasteiger partial charge in [-0.15, -0.1) is 0 Å². The van der Waals surface area contributed by atoms with Crippen LogP contribution in [0.1, 0.15) is 34.3 Å². The largest absolute Gasteiger partial charge is 0.493 e. The highest BCUT2D eigenvalue weighted by atomic mass is 16.5. The van der Waals surface area contributed by atoms with Crippen LogP contribution >= 0.6 is 0 Å². The van der Waals surface area contributed by atoms with Gasteiger partial charge in [0.15, 0.2) is 29.2 Å². The summed E-state index contributed by atoms with van der Waals surface area (Å²) in [6.45, 7) is 1.73. The quantitative estimate of drug-likeness (QED) is 0.789. The van der Waals surface area contributed by atoms with Crippen molar-refractivity contribution in [2.24, 2.45) is 0 Å². The molecule has 0 amide bonds. The second-order valence-corrected chi connectivity index (χ2v) is 7.39. The van der Waals surface area contributed by atoms with Gasteiger partial charge in [0.1, 0.15) is 30.0 Å². The van der Waals surface area contributed by atoms with Crippen LogP contribution in [0.15, 0.2) is 24.3 Å². The van der Waals surface area contributed by atoms with E-state index in [1.54, 1.807) is 38.5 Å². The van der Waals surface area contributed by atoms with E-state index in [4.69, 9.17) is 23.7 Å². The monoisotopic (exact) mass is 396 g/mol. The van der Waals surface area contributed by atoms with Gasteiger partial charge in [-0.1, -0.05) is 0 Å². The van der Waals surface area contributed by atoms with Gasteiger partial charge in [-0.3, -0.25) is 9.59 Å². The molecule has 3 aliphatic rings. The fourth-order valence-electron chi connectivity index (χ4n) is 4.29. The maximum absolute atomic E-state index is 13.5. The molecule has 3 aliphatic heterocycles. The average molecular weight is 396 g/mol. The zero-order valence-corrected chi connectivity index (χ0v) is 16.3. The smallest absolute Gasteiger partial charge is 0.178 e. The molecule has 0 spiro atoms. The van der Waals surface area contributed by atoms with E-state index in [1.807, 2.05) is 0 Å². The molecule has 0 aromatic heterocycles. The Labute approximate surface area is 167 Å². The molecule has 0 aliphatic carbocycles. The molecule has 5 rings (SSSR count). The lowest BCUT2D eigenvalue weighted by Crippen LogP contribution is -2.43. The third kappa shape index (κ3) is 2.57. The van der Waals surface area contributed by atoms with Gasteiger partial charge < -0.3 is 23.7 Å². The van der Waals surface area contributed by atoms with Crippen LogP contribution in [0.3, 0.4) is 0 Å². The zero-order chi connectivity index (χ0) is 20.3. The number of ketones is 2. The molecule has 3 heterocycles. The van der Waals surface area contributed by atoms with Gasteiger partial charge in [0, 0.05) is 23.6 Å². The molecular formula is C22H20O7. The highest BCUT2D eigenvalue weighted by molar-refractivity contribution is 6.06. The number of ether oxygens (including phenoxy) is 5. The standard InChI is InChI=1S/C22H20O7/c1-10(23)15-7-13-14(28-15)5-4-11-21(24)20-12-6-17(25-2)18(26-3)8-16(12)27-9-19(20)29-22(11)13/h4-6,8,15,19-20H,7,9H2,1-3H3. The highest BCUT2D eigenvalue weighted by Gasteiger charge is 2.45. The number of hydrogen-bond donors (Lipinski definition) is 0. The molecular weight excluding hydrogens is 376 g/mol. The minimum Gasteiger partial charge on any atom is -0.493 e. The summed E-state index contributed by atoms with van der Waals surface area (Å²) in [5.41, 5.74) is 1.99. The molecule has 0 saturated heterocycles. The summed E-state index contributed by atoms with van der Waals surface area (Å²) in [7, 11) is 3.10. The molecule has 3 atom stereocenters. The van der Waals surface area contributed by atoms with Gasteiger partial charge in [0.25, 0.3) is 0 Å². The van der Waals surface area contributed by atoms with E-state index in [0.717, 1.165) is 5.56 Å². The molecule has 7 heteroatoms. The molecule has 150 valence electrons. The maximum atomic E-state index is 13.5. The van der Waals surface area contributed by atoms with E-state index < -0.39 is 18.1 Å². The summed E-state index contributed by atoms with van der Waals surface area (Å²) in [4.78, 5) is 25.2. The third-order valence-corrected chi connectivity index (χ3v) is 5.77. The summed E-state index contributed by atoms with van der Waals surface area (Å²) in [5, 5.41) is 0. The van der Waals surface area contributed by atoms with Crippen LogP contribution in [0.5, 0.6) is 28.7 Å². The Balaban J connectivity index is 1.58. The number of rotatable bonds is 3. The molecule has 0 fully saturated rings. The van der Waals surface area contributed by atoms with Crippen LogP contribution in [0.4, 0.5) is 0 Å². The SMILES string of the molecule is COc1cc2c(cc1OC)C1C(=O)c3ccc4c(c3OC1CO2)CC(C(C)=O)O4. The summed E-state index contributed by atoms with van der Waals surface area (Å²) < 4.78 is 28.6. The number of hydrogen-bond acceptors (Lipinski definition) is 7. The molecule has 0 N–H and O–H groups in total. The summed E-state index contributed by atoms with van der Waals surface area (Å²) in [6, 6.07) is 6.97. The molecule has 29 heavy (non-hydrogen) atoms. The van der Waals surface area contributed by atoms with Gasteiger partial charge in [-0.25, -0.2) is 0 Å². The first-order valence-electron chi connectivity index (χ1n) is 9.44. The van der Waals surface area contributed by atoms with Crippen molar-refractivity contribution in [2.75, 3.05) is 20.8 Å². The van der Waals surface area contributed by atoms with Gasteiger partial charge >= 0.3 is 0 Å². The number of benzene rings is 2. The molecule has 0 radical (unpaired) electrons. The summed E-state index contributed by atoms with van der Waals surface area (Å²) in [5.74, 6) is 2.16. The van der Waals surface area contributed by atoms with Crippen LogP contribution in [-0.4, -0.2) is 44.6 Å². The molecule has 7 nitrogen and oxygen atoms in total. The van der Waals surface area contributed by atoms with Crippen molar-refractivity contribution in [2.45, 2.75) is 31.5 Å². The Bertz CT molecular complexity index is 1040. The Hall–Kier alpha value is -3.22. The lowest BCUT2D eigenvalue weighted by atomic mass is 9.81. The van der Waals surface area contributed by atoms with Crippen molar-refractivity contribution in [3.8, 4) is 28.7 Å². The number of methoxy groups -OCH3 is 2. The first kappa shape index (κ1) is 17.8. The number of Topliss-reactive ketones (excluding diaryl/α,β-unsaturated/α-hetero) is 2. The normalized spacial score (nSPS) is 23.4. The van der Waals surface area contributed by atoms with E-state index in [2.05, 4.69) is 0 Å². The van der Waals surface area contributed by atoms with Gasteiger partial charge in [-0.05, 0) is 25.1 Å². The Kier molecular flexibility index (Phi) is 3.94. The predicted molar refractivity (Wildman–Crippen MR) is 102 cm³/mol. The van der Waals surface area contributed by atoms with E-state index in [-0.39, 0.29) is 18.2 Å². The molecule has 0 saturated carbocycles. The van der Waals surface area contributed by atoms with E-state index in [9.17, 15) is 9.59 Å². The van der Waals surface area contributed by atoms with Crippen LogP contribution in [0.2, 0.25) is 0 Å². The van der Waals surface area contributed by atoms with Crippen molar-refractivity contribution < 1.29 is 33.3 Å². The van der Waals surface area contributed by atoms with Crippen LogP contribution in [0, 0.1) is 0 Å². The number of carbonyl (C=O) groups is 2. The second kappa shape index (κ2) is 6.40. The molecule has 2 aromatic rings. The summed E-state index contributed by atoms with van der Waals surface area (Å²) in [6.07, 6.45) is -0.600. The first-order chi connectivity index (χ1) is 14.0. The lowest BCUT2D eigenvalue weighted by molar-refractivity contribution is -0.122. The van der Waals surface area contributed by atoms with Crippen molar-refractivity contribution in [1.82, 2.24) is 0 Å². The Morgan fingerprint density at radius 3 is 2.55 bits per heavy atom. The Morgan fingerprint density at radius 2 is 1.83 bits per heavy atom. The third-order valence-electron chi connectivity index (χ3n) is 5.77. The fraction of sp³-hybridized carbons (Fsp3) is 0.364. The van der Waals surface area contributed by atoms with Gasteiger partial charge in [0.05, 0.1) is 25.7 Å². The minimum atomic E-state index is -0.534. The molecule has 0 bridgehead atoms. The van der Waals surface area contributed by atoms with E-state index in [0.29, 0.717) is 46.3 Å². The fourth-order valence-corrected chi connectivity index (χ4v) is 4.29. The topological polar surface area (TPSA) is 80.3 Å². The van der Waals surface area contributed by atoms with Gasteiger partial charge in [0.2, 0.25) is 0 Å².